The lowest BCUT2D eigenvalue weighted by Gasteiger charge is -2.37. The Morgan fingerprint density at radius 2 is 2.00 bits per heavy atom. The fraction of sp³-hybridized carbons (Fsp3) is 0.364. The Labute approximate surface area is 158 Å². The van der Waals surface area contributed by atoms with E-state index in [2.05, 4.69) is 39.9 Å². The van der Waals surface area contributed by atoms with E-state index in [9.17, 15) is 4.79 Å². The number of aromatic amines is 1. The molecule has 5 nitrogen and oxygen atoms in total. The fourth-order valence-corrected chi connectivity index (χ4v) is 4.82. The van der Waals surface area contributed by atoms with Crippen LogP contribution in [0.1, 0.15) is 46.2 Å². The fourth-order valence-electron chi connectivity index (χ4n) is 4.82. The van der Waals surface area contributed by atoms with E-state index in [1.54, 1.807) is 0 Å². The van der Waals surface area contributed by atoms with Crippen LogP contribution in [-0.2, 0) is 19.3 Å². The van der Waals surface area contributed by atoms with Crippen LogP contribution in [0.3, 0.4) is 0 Å². The van der Waals surface area contributed by atoms with E-state index in [1.165, 1.54) is 11.1 Å². The first-order valence-corrected chi connectivity index (χ1v) is 9.74. The predicted octanol–water partition coefficient (Wildman–Crippen LogP) is 3.52. The highest BCUT2D eigenvalue weighted by atomic mass is 16.1. The molecule has 5 rings (SSSR count). The molecule has 0 radical (unpaired) electrons. The van der Waals surface area contributed by atoms with Crippen LogP contribution < -0.4 is 10.6 Å². The molecule has 0 bridgehead atoms. The number of hydrogen-bond acceptors (Lipinski definition) is 3. The Morgan fingerprint density at radius 3 is 2.70 bits per heavy atom. The van der Waals surface area contributed by atoms with Gasteiger partial charge >= 0.3 is 0 Å². The van der Waals surface area contributed by atoms with E-state index >= 15 is 0 Å². The smallest absolute Gasteiger partial charge is 0.251 e. The van der Waals surface area contributed by atoms with Gasteiger partial charge in [-0.05, 0) is 62.3 Å². The van der Waals surface area contributed by atoms with Gasteiger partial charge in [0.05, 0.1) is 11.2 Å². The number of fused-ring (bicyclic) bond motifs is 4. The lowest BCUT2D eigenvalue weighted by atomic mass is 9.82. The summed E-state index contributed by atoms with van der Waals surface area (Å²) in [6, 6.07) is 10.7. The summed E-state index contributed by atoms with van der Waals surface area (Å²) < 4.78 is 0. The van der Waals surface area contributed by atoms with Gasteiger partial charge in [0.25, 0.3) is 5.91 Å². The molecule has 138 valence electrons. The molecule has 1 amide bonds. The molecule has 0 saturated carbocycles. The lowest BCUT2D eigenvalue weighted by Crippen LogP contribution is -2.43. The molecule has 3 aromatic rings. The molecule has 27 heavy (non-hydrogen) atoms. The van der Waals surface area contributed by atoms with Gasteiger partial charge < -0.3 is 15.6 Å². The van der Waals surface area contributed by atoms with Crippen molar-refractivity contribution >= 4 is 22.6 Å². The number of imidazole rings is 1. The van der Waals surface area contributed by atoms with Crippen LogP contribution >= 0.6 is 0 Å². The second-order valence-electron chi connectivity index (χ2n) is 7.88. The highest BCUT2D eigenvalue weighted by Crippen LogP contribution is 2.43. The summed E-state index contributed by atoms with van der Waals surface area (Å²) >= 11 is 0. The van der Waals surface area contributed by atoms with Crippen molar-refractivity contribution < 1.29 is 4.79 Å². The highest BCUT2D eigenvalue weighted by molar-refractivity contribution is 6.04. The minimum absolute atomic E-state index is 0.00430. The second-order valence-corrected chi connectivity index (χ2v) is 7.88. The van der Waals surface area contributed by atoms with Crippen LogP contribution in [0.4, 0.5) is 5.69 Å². The number of anilines is 1. The molecule has 1 spiro atoms. The number of hydrogen-bond donors (Lipinski definition) is 3. The van der Waals surface area contributed by atoms with Gasteiger partial charge in [0.15, 0.2) is 0 Å². The molecule has 0 unspecified atom stereocenters. The standard InChI is InChI=1S/C22H24N4O/c1-3-23-21(27)17-10-18-20(25-13(2)24-18)19-16(17)8-9-22(26-19)11-14-6-4-5-7-15(14)12-22/h4-7,10,26H,3,8-9,11-12H2,1-2H3,(H,23,27)(H,24,25). The summed E-state index contributed by atoms with van der Waals surface area (Å²) in [5, 5.41) is 6.81. The third-order valence-corrected chi connectivity index (χ3v) is 6.00. The van der Waals surface area contributed by atoms with Gasteiger partial charge in [0, 0.05) is 17.6 Å². The van der Waals surface area contributed by atoms with Crippen molar-refractivity contribution in [2.75, 3.05) is 11.9 Å². The van der Waals surface area contributed by atoms with E-state index in [0.29, 0.717) is 6.54 Å². The molecule has 1 aliphatic heterocycles. The Kier molecular flexibility index (Phi) is 3.54. The van der Waals surface area contributed by atoms with Crippen molar-refractivity contribution in [1.82, 2.24) is 15.3 Å². The maximum absolute atomic E-state index is 12.7. The first-order chi connectivity index (χ1) is 13.1. The van der Waals surface area contributed by atoms with Crippen LogP contribution in [0.25, 0.3) is 11.0 Å². The predicted molar refractivity (Wildman–Crippen MR) is 107 cm³/mol. The molecule has 2 aliphatic rings. The van der Waals surface area contributed by atoms with Crippen molar-refractivity contribution in [1.29, 1.82) is 0 Å². The van der Waals surface area contributed by atoms with E-state index in [-0.39, 0.29) is 11.4 Å². The van der Waals surface area contributed by atoms with Gasteiger partial charge in [-0.3, -0.25) is 4.79 Å². The average molecular weight is 360 g/mol. The van der Waals surface area contributed by atoms with Gasteiger partial charge in [0.1, 0.15) is 11.3 Å². The molecule has 0 saturated heterocycles. The average Bonchev–Trinajstić information content (AvgIpc) is 3.20. The zero-order valence-electron chi connectivity index (χ0n) is 15.8. The Bertz CT molecular complexity index is 1040. The summed E-state index contributed by atoms with van der Waals surface area (Å²) in [7, 11) is 0. The van der Waals surface area contributed by atoms with Gasteiger partial charge in [-0.2, -0.15) is 0 Å². The van der Waals surface area contributed by atoms with Crippen molar-refractivity contribution in [3.63, 3.8) is 0 Å². The summed E-state index contributed by atoms with van der Waals surface area (Å²) in [6.45, 7) is 4.54. The normalized spacial score (nSPS) is 16.8. The molecule has 0 atom stereocenters. The zero-order valence-corrected chi connectivity index (χ0v) is 15.8. The highest BCUT2D eigenvalue weighted by Gasteiger charge is 2.41. The number of aryl methyl sites for hydroxylation is 1. The molecule has 1 aromatic heterocycles. The molecular formula is C22H24N4O. The topological polar surface area (TPSA) is 69.8 Å². The molecule has 0 fully saturated rings. The quantitative estimate of drug-likeness (QED) is 0.655. The van der Waals surface area contributed by atoms with Crippen LogP contribution in [0.5, 0.6) is 0 Å². The van der Waals surface area contributed by atoms with Crippen molar-refractivity contribution in [2.24, 2.45) is 0 Å². The number of carbonyl (C=O) groups is 1. The first-order valence-electron chi connectivity index (χ1n) is 9.74. The van der Waals surface area contributed by atoms with Crippen LogP contribution in [0.2, 0.25) is 0 Å². The number of nitrogens with one attached hydrogen (secondary N) is 3. The Morgan fingerprint density at radius 1 is 1.26 bits per heavy atom. The lowest BCUT2D eigenvalue weighted by molar-refractivity contribution is 0.0954. The monoisotopic (exact) mass is 360 g/mol. The van der Waals surface area contributed by atoms with E-state index in [0.717, 1.165) is 59.4 Å². The summed E-state index contributed by atoms with van der Waals surface area (Å²) in [5.41, 5.74) is 7.67. The molecule has 5 heteroatoms. The van der Waals surface area contributed by atoms with Gasteiger partial charge in [-0.25, -0.2) is 4.98 Å². The molecular weight excluding hydrogens is 336 g/mol. The molecule has 1 aliphatic carbocycles. The maximum atomic E-state index is 12.7. The van der Waals surface area contributed by atoms with Crippen LogP contribution in [0.15, 0.2) is 30.3 Å². The molecule has 3 N–H and O–H groups in total. The summed E-state index contributed by atoms with van der Waals surface area (Å²) in [6.07, 6.45) is 3.97. The zero-order chi connectivity index (χ0) is 18.6. The minimum atomic E-state index is -0.00430. The first kappa shape index (κ1) is 16.4. The Balaban J connectivity index is 1.63. The summed E-state index contributed by atoms with van der Waals surface area (Å²) in [5.74, 6) is 0.867. The number of carbonyl (C=O) groups excluding carboxylic acids is 1. The van der Waals surface area contributed by atoms with E-state index in [4.69, 9.17) is 4.98 Å². The molecule has 2 heterocycles. The third kappa shape index (κ3) is 2.52. The largest absolute Gasteiger partial charge is 0.377 e. The maximum Gasteiger partial charge on any atom is 0.251 e. The van der Waals surface area contributed by atoms with E-state index < -0.39 is 0 Å². The number of amides is 1. The van der Waals surface area contributed by atoms with Gasteiger partial charge in [0.2, 0.25) is 0 Å². The minimum Gasteiger partial charge on any atom is -0.377 e. The van der Waals surface area contributed by atoms with Crippen LogP contribution in [0, 0.1) is 6.92 Å². The van der Waals surface area contributed by atoms with Crippen LogP contribution in [-0.4, -0.2) is 28.0 Å². The van der Waals surface area contributed by atoms with Crippen molar-refractivity contribution in [2.45, 2.75) is 45.1 Å². The second kappa shape index (κ2) is 5.84. The number of aromatic nitrogens is 2. The number of nitrogens with zero attached hydrogens (tertiary/aromatic N) is 1. The van der Waals surface area contributed by atoms with Crippen molar-refractivity contribution in [3.05, 3.63) is 58.4 Å². The Hall–Kier alpha value is -2.82. The third-order valence-electron chi connectivity index (χ3n) is 6.00. The SMILES string of the molecule is CCNC(=O)c1cc2[nH]c(C)nc2c2c1CCC1(Cc3ccccc3C1)N2. The van der Waals surface area contributed by atoms with Crippen molar-refractivity contribution in [3.8, 4) is 0 Å². The van der Waals surface area contributed by atoms with E-state index in [1.807, 2.05) is 19.9 Å². The number of rotatable bonds is 2. The number of H-pyrrole nitrogens is 1. The van der Waals surface area contributed by atoms with Gasteiger partial charge in [-0.15, -0.1) is 0 Å². The van der Waals surface area contributed by atoms with Gasteiger partial charge in [-0.1, -0.05) is 24.3 Å². The summed E-state index contributed by atoms with van der Waals surface area (Å²) in [4.78, 5) is 20.7. The molecule has 2 aromatic carbocycles. The number of benzene rings is 2.